The summed E-state index contributed by atoms with van der Waals surface area (Å²) in [5.41, 5.74) is 1.51. The number of carboxylic acid groups (broad SMARTS) is 1. The molecule has 2 aliphatic rings. The summed E-state index contributed by atoms with van der Waals surface area (Å²) < 4.78 is 46.2. The topological polar surface area (TPSA) is 78.9 Å². The Hall–Kier alpha value is -2.94. The number of hydrogen-bond acceptors (Lipinski definition) is 3. The average Bonchev–Trinajstić information content (AvgIpc) is 3.07. The first-order chi connectivity index (χ1) is 14.1. The van der Waals surface area contributed by atoms with Gasteiger partial charge >= 0.3 is 6.09 Å². The average molecular weight is 441 g/mol. The van der Waals surface area contributed by atoms with Gasteiger partial charge in [0.15, 0.2) is 0 Å². The molecule has 1 saturated heterocycles. The Kier molecular flexibility index (Phi) is 5.01. The third-order valence-corrected chi connectivity index (χ3v) is 5.28. The number of carbonyl (C=O) groups excluding carboxylic acids is 1. The highest BCUT2D eigenvalue weighted by molar-refractivity contribution is 6.32. The zero-order valence-corrected chi connectivity index (χ0v) is 16.2. The van der Waals surface area contributed by atoms with E-state index >= 15 is 0 Å². The molecule has 30 heavy (non-hydrogen) atoms. The first-order valence-corrected chi connectivity index (χ1v) is 9.44. The van der Waals surface area contributed by atoms with Crippen molar-refractivity contribution in [1.29, 1.82) is 0 Å². The van der Waals surface area contributed by atoms with E-state index in [1.807, 2.05) is 0 Å². The molecule has 1 atom stereocenters. The Bertz CT molecular complexity index is 1040. The van der Waals surface area contributed by atoms with Crippen LogP contribution in [0.4, 0.5) is 18.0 Å². The van der Waals surface area contributed by atoms with Gasteiger partial charge in [-0.1, -0.05) is 17.7 Å². The number of nitrogens with zero attached hydrogens (tertiary/aromatic N) is 1. The molecule has 0 bridgehead atoms. The van der Waals surface area contributed by atoms with Gasteiger partial charge in [-0.3, -0.25) is 4.79 Å². The highest BCUT2D eigenvalue weighted by Crippen LogP contribution is 2.40. The minimum absolute atomic E-state index is 0.0939. The van der Waals surface area contributed by atoms with Gasteiger partial charge in [0.1, 0.15) is 17.7 Å². The molecule has 2 aromatic rings. The second-order valence-electron chi connectivity index (χ2n) is 7.29. The zero-order chi connectivity index (χ0) is 21.6. The largest absolute Gasteiger partial charge is 0.486 e. The molecular formula is C20H16ClF3N2O4. The number of halogens is 4. The van der Waals surface area contributed by atoms with Crippen LogP contribution in [0, 0.1) is 5.82 Å². The van der Waals surface area contributed by atoms with Gasteiger partial charge in [-0.2, -0.15) is 0 Å². The maximum Gasteiger partial charge on any atom is 0.404 e. The standard InChI is InChI=1S/C20H16ClF3N2O4/c21-15-5-11(3-12-4-13(30-17(12)15)7-25-19(28)29)10-1-2-14(16(22)6-10)18(27)26-8-20(23,24)9-26/h1-3,5-6,13,25H,4,7-9H2,(H,28,29). The van der Waals surface area contributed by atoms with Crippen molar-refractivity contribution in [2.45, 2.75) is 18.4 Å². The monoisotopic (exact) mass is 440 g/mol. The van der Waals surface area contributed by atoms with Crippen LogP contribution in [0.3, 0.4) is 0 Å². The number of ether oxygens (including phenoxy) is 1. The van der Waals surface area contributed by atoms with Gasteiger partial charge in [-0.15, -0.1) is 0 Å². The minimum Gasteiger partial charge on any atom is -0.486 e. The fourth-order valence-electron chi connectivity index (χ4n) is 3.56. The number of fused-ring (bicyclic) bond motifs is 1. The Morgan fingerprint density at radius 3 is 2.60 bits per heavy atom. The molecule has 0 aromatic heterocycles. The molecule has 0 radical (unpaired) electrons. The molecular weight excluding hydrogens is 425 g/mol. The van der Waals surface area contributed by atoms with Crippen molar-refractivity contribution in [2.24, 2.45) is 0 Å². The van der Waals surface area contributed by atoms with Crippen LogP contribution >= 0.6 is 11.6 Å². The van der Waals surface area contributed by atoms with Crippen LogP contribution in [0.15, 0.2) is 30.3 Å². The number of nitrogens with one attached hydrogen (secondary N) is 1. The molecule has 158 valence electrons. The van der Waals surface area contributed by atoms with Crippen molar-refractivity contribution >= 4 is 23.6 Å². The Labute approximate surface area is 174 Å². The molecule has 2 aromatic carbocycles. The van der Waals surface area contributed by atoms with Crippen molar-refractivity contribution in [3.63, 3.8) is 0 Å². The smallest absolute Gasteiger partial charge is 0.404 e. The molecule has 6 nitrogen and oxygen atoms in total. The van der Waals surface area contributed by atoms with Crippen molar-refractivity contribution in [1.82, 2.24) is 10.2 Å². The minimum atomic E-state index is -2.92. The van der Waals surface area contributed by atoms with E-state index < -0.39 is 42.9 Å². The van der Waals surface area contributed by atoms with E-state index in [2.05, 4.69) is 5.32 Å². The van der Waals surface area contributed by atoms with Gasteiger partial charge in [-0.05, 0) is 35.4 Å². The lowest BCUT2D eigenvalue weighted by Gasteiger charge is -2.38. The van der Waals surface area contributed by atoms with Crippen LogP contribution in [0.2, 0.25) is 5.02 Å². The third kappa shape index (κ3) is 3.89. The van der Waals surface area contributed by atoms with Crippen molar-refractivity contribution in [3.05, 3.63) is 52.3 Å². The number of hydrogen-bond donors (Lipinski definition) is 2. The Morgan fingerprint density at radius 2 is 1.97 bits per heavy atom. The summed E-state index contributed by atoms with van der Waals surface area (Å²) in [7, 11) is 0. The fraction of sp³-hybridized carbons (Fsp3) is 0.300. The lowest BCUT2D eigenvalue weighted by atomic mass is 9.99. The molecule has 2 heterocycles. The van der Waals surface area contributed by atoms with E-state index in [0.717, 1.165) is 16.5 Å². The summed E-state index contributed by atoms with van der Waals surface area (Å²) in [5.74, 6) is -4.07. The van der Waals surface area contributed by atoms with Crippen LogP contribution in [0.25, 0.3) is 11.1 Å². The van der Waals surface area contributed by atoms with Crippen LogP contribution in [-0.2, 0) is 6.42 Å². The first-order valence-electron chi connectivity index (χ1n) is 9.06. The fourth-order valence-corrected chi connectivity index (χ4v) is 3.85. The second kappa shape index (κ2) is 7.39. The third-order valence-electron chi connectivity index (χ3n) is 5.00. The zero-order valence-electron chi connectivity index (χ0n) is 15.4. The predicted molar refractivity (Wildman–Crippen MR) is 102 cm³/mol. The van der Waals surface area contributed by atoms with Crippen LogP contribution in [0.1, 0.15) is 15.9 Å². The molecule has 2 aliphatic heterocycles. The van der Waals surface area contributed by atoms with E-state index in [1.165, 1.54) is 12.1 Å². The number of benzene rings is 2. The van der Waals surface area contributed by atoms with Gasteiger partial charge in [0, 0.05) is 12.0 Å². The van der Waals surface area contributed by atoms with Crippen molar-refractivity contribution in [2.75, 3.05) is 19.6 Å². The SMILES string of the molecule is O=C(O)NCC1Cc2cc(-c3ccc(C(=O)N4CC(F)(F)C4)c(F)c3)cc(Cl)c2O1. The molecule has 0 spiro atoms. The number of rotatable bonds is 4. The molecule has 2 N–H and O–H groups in total. The summed E-state index contributed by atoms with van der Waals surface area (Å²) in [6.45, 7) is -1.34. The molecule has 0 aliphatic carbocycles. The highest BCUT2D eigenvalue weighted by Gasteiger charge is 2.46. The van der Waals surface area contributed by atoms with E-state index in [1.54, 1.807) is 12.1 Å². The molecule has 10 heteroatoms. The predicted octanol–water partition coefficient (Wildman–Crippen LogP) is 3.81. The second-order valence-corrected chi connectivity index (χ2v) is 7.70. The summed E-state index contributed by atoms with van der Waals surface area (Å²) in [4.78, 5) is 23.7. The maximum absolute atomic E-state index is 14.6. The van der Waals surface area contributed by atoms with Crippen molar-refractivity contribution in [3.8, 4) is 16.9 Å². The van der Waals surface area contributed by atoms with E-state index in [-0.39, 0.29) is 12.1 Å². The molecule has 4 rings (SSSR count). The van der Waals surface area contributed by atoms with Gasteiger partial charge in [-0.25, -0.2) is 18.0 Å². The normalized spacial score (nSPS) is 18.9. The van der Waals surface area contributed by atoms with Gasteiger partial charge in [0.25, 0.3) is 11.8 Å². The van der Waals surface area contributed by atoms with E-state index in [4.69, 9.17) is 21.4 Å². The highest BCUT2D eigenvalue weighted by atomic mass is 35.5. The first kappa shape index (κ1) is 20.3. The maximum atomic E-state index is 14.6. The Morgan fingerprint density at radius 1 is 1.23 bits per heavy atom. The number of alkyl halides is 2. The molecule has 1 fully saturated rings. The molecule has 1 unspecified atom stereocenters. The van der Waals surface area contributed by atoms with Crippen LogP contribution < -0.4 is 10.1 Å². The quantitative estimate of drug-likeness (QED) is 0.758. The van der Waals surface area contributed by atoms with Gasteiger partial charge in [0.2, 0.25) is 0 Å². The van der Waals surface area contributed by atoms with E-state index in [0.29, 0.717) is 28.3 Å². The van der Waals surface area contributed by atoms with E-state index in [9.17, 15) is 22.8 Å². The summed E-state index contributed by atoms with van der Waals surface area (Å²) in [6.07, 6.45) is -1.14. The number of likely N-dealkylation sites (tertiary alicyclic amines) is 1. The molecule has 2 amide bonds. The van der Waals surface area contributed by atoms with Crippen LogP contribution in [0.5, 0.6) is 5.75 Å². The number of carbonyl (C=O) groups is 2. The lowest BCUT2D eigenvalue weighted by molar-refractivity contribution is -0.113. The Balaban J connectivity index is 1.54. The van der Waals surface area contributed by atoms with Crippen molar-refractivity contribution < 1.29 is 32.6 Å². The van der Waals surface area contributed by atoms with Gasteiger partial charge < -0.3 is 20.1 Å². The summed E-state index contributed by atoms with van der Waals surface area (Å²) >= 11 is 6.28. The van der Waals surface area contributed by atoms with Crippen LogP contribution in [-0.4, -0.2) is 53.7 Å². The lowest BCUT2D eigenvalue weighted by Crippen LogP contribution is -2.58. The van der Waals surface area contributed by atoms with Gasteiger partial charge in [0.05, 0.1) is 30.2 Å². The summed E-state index contributed by atoms with van der Waals surface area (Å²) in [5, 5.41) is 11.3. The number of amides is 2. The summed E-state index contributed by atoms with van der Waals surface area (Å²) in [6, 6.07) is 7.28. The molecule has 0 saturated carbocycles.